The highest BCUT2D eigenvalue weighted by Gasteiger charge is 2.32. The normalized spacial score (nSPS) is 27.0. The standard InChI is InChI=1S/C13H23N3S/c1-3-7-16-8-4-5-13(14,6-9-16)12-15-11(2)10-17-12/h10H,3-9,14H2,1-2H3. The molecule has 17 heavy (non-hydrogen) atoms. The fourth-order valence-electron chi connectivity index (χ4n) is 2.55. The molecule has 0 saturated carbocycles. The van der Waals surface area contributed by atoms with Gasteiger partial charge < -0.3 is 10.6 Å². The number of hydrogen-bond donors (Lipinski definition) is 1. The van der Waals surface area contributed by atoms with E-state index in [1.165, 1.54) is 25.9 Å². The number of aromatic nitrogens is 1. The van der Waals surface area contributed by atoms with Gasteiger partial charge in [-0.1, -0.05) is 6.92 Å². The summed E-state index contributed by atoms with van der Waals surface area (Å²) in [6.45, 7) is 7.79. The van der Waals surface area contributed by atoms with Crippen LogP contribution in [0.2, 0.25) is 0 Å². The van der Waals surface area contributed by atoms with Crippen LogP contribution in [0.1, 0.15) is 43.3 Å². The van der Waals surface area contributed by atoms with Crippen molar-refractivity contribution in [2.75, 3.05) is 19.6 Å². The molecule has 2 heterocycles. The molecule has 0 spiro atoms. The van der Waals surface area contributed by atoms with Gasteiger partial charge in [-0.05, 0) is 45.7 Å². The first-order valence-electron chi connectivity index (χ1n) is 6.58. The van der Waals surface area contributed by atoms with E-state index >= 15 is 0 Å². The maximum absolute atomic E-state index is 6.57. The number of nitrogens with two attached hydrogens (primary N) is 1. The molecule has 1 aliphatic rings. The fourth-order valence-corrected chi connectivity index (χ4v) is 3.52. The average molecular weight is 253 g/mol. The molecule has 2 rings (SSSR count). The Morgan fingerprint density at radius 3 is 2.94 bits per heavy atom. The lowest BCUT2D eigenvalue weighted by molar-refractivity contribution is 0.276. The van der Waals surface area contributed by atoms with Crippen LogP contribution in [0.3, 0.4) is 0 Å². The van der Waals surface area contributed by atoms with E-state index in [9.17, 15) is 0 Å². The largest absolute Gasteiger partial charge is 0.319 e. The van der Waals surface area contributed by atoms with Crippen LogP contribution in [0, 0.1) is 6.92 Å². The predicted octanol–water partition coefficient (Wildman–Crippen LogP) is 2.50. The Hall–Kier alpha value is -0.450. The fraction of sp³-hybridized carbons (Fsp3) is 0.769. The van der Waals surface area contributed by atoms with E-state index in [0.29, 0.717) is 0 Å². The van der Waals surface area contributed by atoms with Crippen molar-refractivity contribution in [2.24, 2.45) is 5.73 Å². The molecule has 96 valence electrons. The van der Waals surface area contributed by atoms with Crippen LogP contribution in [-0.4, -0.2) is 29.5 Å². The van der Waals surface area contributed by atoms with E-state index < -0.39 is 0 Å². The van der Waals surface area contributed by atoms with Crippen LogP contribution in [0.4, 0.5) is 0 Å². The molecule has 1 fully saturated rings. The lowest BCUT2D eigenvalue weighted by atomic mass is 9.92. The Bertz CT molecular complexity index is 363. The highest BCUT2D eigenvalue weighted by atomic mass is 32.1. The van der Waals surface area contributed by atoms with Crippen molar-refractivity contribution in [2.45, 2.75) is 45.1 Å². The summed E-state index contributed by atoms with van der Waals surface area (Å²) in [5, 5.41) is 3.24. The predicted molar refractivity (Wildman–Crippen MR) is 73.3 cm³/mol. The lowest BCUT2D eigenvalue weighted by Crippen LogP contribution is -2.37. The maximum Gasteiger partial charge on any atom is 0.113 e. The summed E-state index contributed by atoms with van der Waals surface area (Å²) in [7, 11) is 0. The average Bonchev–Trinajstić information content (AvgIpc) is 2.65. The van der Waals surface area contributed by atoms with E-state index in [1.807, 2.05) is 6.92 Å². The molecule has 0 aliphatic carbocycles. The topological polar surface area (TPSA) is 42.1 Å². The number of rotatable bonds is 3. The SMILES string of the molecule is CCCN1CCCC(N)(c2nc(C)cs2)CC1. The summed E-state index contributed by atoms with van der Waals surface area (Å²) in [5.74, 6) is 0. The van der Waals surface area contributed by atoms with E-state index in [-0.39, 0.29) is 5.54 Å². The van der Waals surface area contributed by atoms with E-state index in [1.54, 1.807) is 11.3 Å². The van der Waals surface area contributed by atoms with Gasteiger partial charge >= 0.3 is 0 Å². The van der Waals surface area contributed by atoms with Crippen molar-refractivity contribution in [1.82, 2.24) is 9.88 Å². The molecule has 1 unspecified atom stereocenters. The van der Waals surface area contributed by atoms with Gasteiger partial charge in [0.1, 0.15) is 5.01 Å². The summed E-state index contributed by atoms with van der Waals surface area (Å²) in [6, 6.07) is 0. The zero-order chi connectivity index (χ0) is 12.3. The molecule has 1 saturated heterocycles. The molecule has 0 amide bonds. The van der Waals surface area contributed by atoms with Gasteiger partial charge in [-0.3, -0.25) is 0 Å². The summed E-state index contributed by atoms with van der Waals surface area (Å²) in [6.07, 6.45) is 4.53. The maximum atomic E-state index is 6.57. The van der Waals surface area contributed by atoms with E-state index in [0.717, 1.165) is 30.1 Å². The zero-order valence-corrected chi connectivity index (χ0v) is 11.7. The Morgan fingerprint density at radius 1 is 1.47 bits per heavy atom. The summed E-state index contributed by atoms with van der Waals surface area (Å²) in [4.78, 5) is 7.13. The molecule has 3 nitrogen and oxygen atoms in total. The van der Waals surface area contributed by atoms with Gasteiger partial charge in [0, 0.05) is 17.6 Å². The third-order valence-corrected chi connectivity index (χ3v) is 4.74. The van der Waals surface area contributed by atoms with Crippen LogP contribution >= 0.6 is 11.3 Å². The van der Waals surface area contributed by atoms with Crippen molar-refractivity contribution >= 4 is 11.3 Å². The Morgan fingerprint density at radius 2 is 2.29 bits per heavy atom. The molecule has 1 aliphatic heterocycles. The number of nitrogens with zero attached hydrogens (tertiary/aromatic N) is 2. The summed E-state index contributed by atoms with van der Waals surface area (Å²) in [5.41, 5.74) is 7.50. The molecule has 2 N–H and O–H groups in total. The molecular formula is C13H23N3S. The Balaban J connectivity index is 2.06. The van der Waals surface area contributed by atoms with Crippen LogP contribution in [0.15, 0.2) is 5.38 Å². The van der Waals surface area contributed by atoms with Crippen molar-refractivity contribution in [3.8, 4) is 0 Å². The van der Waals surface area contributed by atoms with E-state index in [2.05, 4.69) is 22.2 Å². The molecule has 1 aromatic rings. The lowest BCUT2D eigenvalue weighted by Gasteiger charge is -2.25. The van der Waals surface area contributed by atoms with Crippen LogP contribution < -0.4 is 5.73 Å². The van der Waals surface area contributed by atoms with Crippen molar-refractivity contribution < 1.29 is 0 Å². The molecule has 4 heteroatoms. The number of thiazole rings is 1. The van der Waals surface area contributed by atoms with Gasteiger partial charge in [0.05, 0.1) is 5.54 Å². The highest BCUT2D eigenvalue weighted by Crippen LogP contribution is 2.32. The van der Waals surface area contributed by atoms with Gasteiger partial charge in [-0.2, -0.15) is 0 Å². The van der Waals surface area contributed by atoms with Gasteiger partial charge in [0.15, 0.2) is 0 Å². The van der Waals surface area contributed by atoms with Crippen molar-refractivity contribution in [3.63, 3.8) is 0 Å². The first kappa shape index (κ1) is 13.0. The zero-order valence-electron chi connectivity index (χ0n) is 10.9. The molecule has 0 radical (unpaired) electrons. The molecular weight excluding hydrogens is 230 g/mol. The highest BCUT2D eigenvalue weighted by molar-refractivity contribution is 7.09. The molecule has 1 aromatic heterocycles. The van der Waals surface area contributed by atoms with Gasteiger partial charge in [0.2, 0.25) is 0 Å². The van der Waals surface area contributed by atoms with Crippen LogP contribution in [0.25, 0.3) is 0 Å². The number of hydrogen-bond acceptors (Lipinski definition) is 4. The third-order valence-electron chi connectivity index (χ3n) is 3.56. The molecule has 0 aromatic carbocycles. The van der Waals surface area contributed by atoms with E-state index in [4.69, 9.17) is 5.73 Å². The second kappa shape index (κ2) is 5.46. The Labute approximate surface area is 108 Å². The first-order chi connectivity index (χ1) is 8.14. The quantitative estimate of drug-likeness (QED) is 0.900. The number of aryl methyl sites for hydroxylation is 1. The van der Waals surface area contributed by atoms with Gasteiger partial charge in [-0.25, -0.2) is 4.98 Å². The van der Waals surface area contributed by atoms with Crippen molar-refractivity contribution in [3.05, 3.63) is 16.1 Å². The summed E-state index contributed by atoms with van der Waals surface area (Å²) >= 11 is 1.72. The third kappa shape index (κ3) is 3.06. The minimum absolute atomic E-state index is 0.179. The first-order valence-corrected chi connectivity index (χ1v) is 7.46. The minimum Gasteiger partial charge on any atom is -0.319 e. The van der Waals surface area contributed by atoms with Crippen molar-refractivity contribution in [1.29, 1.82) is 0 Å². The smallest absolute Gasteiger partial charge is 0.113 e. The molecule has 1 atom stereocenters. The number of likely N-dealkylation sites (tertiary alicyclic amines) is 1. The Kier molecular flexibility index (Phi) is 4.17. The second-order valence-electron chi connectivity index (χ2n) is 5.15. The van der Waals surface area contributed by atoms with Gasteiger partial charge in [0.25, 0.3) is 0 Å². The molecule has 0 bridgehead atoms. The van der Waals surface area contributed by atoms with Crippen LogP contribution in [0.5, 0.6) is 0 Å². The summed E-state index contributed by atoms with van der Waals surface area (Å²) < 4.78 is 0. The monoisotopic (exact) mass is 253 g/mol. The van der Waals surface area contributed by atoms with Gasteiger partial charge in [-0.15, -0.1) is 11.3 Å². The minimum atomic E-state index is -0.179. The van der Waals surface area contributed by atoms with Crippen LogP contribution in [-0.2, 0) is 5.54 Å². The second-order valence-corrected chi connectivity index (χ2v) is 6.00.